The van der Waals surface area contributed by atoms with Crippen molar-refractivity contribution in [1.82, 2.24) is 4.98 Å². The summed E-state index contributed by atoms with van der Waals surface area (Å²) in [5.74, 6) is -0.0658. The van der Waals surface area contributed by atoms with Gasteiger partial charge >= 0.3 is 6.18 Å². The Labute approximate surface area is 140 Å². The summed E-state index contributed by atoms with van der Waals surface area (Å²) >= 11 is 6.02. The van der Waals surface area contributed by atoms with E-state index in [9.17, 15) is 18.0 Å². The summed E-state index contributed by atoms with van der Waals surface area (Å²) in [5, 5.41) is 2.87. The molecule has 126 valence electrons. The first kappa shape index (κ1) is 16.6. The van der Waals surface area contributed by atoms with Crippen molar-refractivity contribution >= 4 is 23.2 Å². The molecule has 2 heterocycles. The second-order valence-electron chi connectivity index (χ2n) is 5.54. The fraction of sp³-hybridized carbons (Fsp3) is 0.250. The molecule has 1 aromatic heterocycles. The number of carbonyl (C=O) groups is 1. The molecule has 0 fully saturated rings. The molecule has 1 amide bonds. The van der Waals surface area contributed by atoms with E-state index in [1.54, 1.807) is 25.1 Å². The molecule has 0 saturated carbocycles. The fourth-order valence-electron chi connectivity index (χ4n) is 2.82. The number of fused-ring (bicyclic) bond motifs is 1. The average molecular weight is 357 g/mol. The summed E-state index contributed by atoms with van der Waals surface area (Å²) < 4.78 is 43.8. The van der Waals surface area contributed by atoms with E-state index in [0.717, 1.165) is 12.3 Å². The molecule has 0 aliphatic carbocycles. The molecule has 1 aliphatic rings. The lowest BCUT2D eigenvalue weighted by molar-refractivity contribution is -0.141. The number of rotatable bonds is 2. The third-order valence-corrected chi connectivity index (χ3v) is 4.37. The van der Waals surface area contributed by atoms with E-state index in [2.05, 4.69) is 10.3 Å². The van der Waals surface area contributed by atoms with Crippen molar-refractivity contribution in [2.24, 2.45) is 0 Å². The van der Waals surface area contributed by atoms with Crippen molar-refractivity contribution in [2.45, 2.75) is 18.5 Å². The number of ether oxygens (including phenoxy) is 1. The quantitative estimate of drug-likeness (QED) is 0.884. The number of hydrogen-bond acceptors (Lipinski definition) is 3. The van der Waals surface area contributed by atoms with Gasteiger partial charge < -0.3 is 10.1 Å². The molecular weight excluding hydrogens is 345 g/mol. The first-order valence-corrected chi connectivity index (χ1v) is 7.29. The van der Waals surface area contributed by atoms with Crippen LogP contribution >= 0.6 is 11.6 Å². The number of nitrogens with zero attached hydrogens (tertiary/aromatic N) is 1. The van der Waals surface area contributed by atoms with Gasteiger partial charge in [0.05, 0.1) is 7.11 Å². The number of benzene rings is 1. The van der Waals surface area contributed by atoms with Crippen LogP contribution in [0.5, 0.6) is 5.75 Å². The number of carbonyl (C=O) groups excluding carboxylic acids is 1. The Balaban J connectivity index is 2.21. The van der Waals surface area contributed by atoms with E-state index >= 15 is 0 Å². The average Bonchev–Trinajstić information content (AvgIpc) is 2.78. The number of aromatic nitrogens is 1. The van der Waals surface area contributed by atoms with Gasteiger partial charge in [-0.3, -0.25) is 9.78 Å². The van der Waals surface area contributed by atoms with E-state index in [0.29, 0.717) is 21.9 Å². The van der Waals surface area contributed by atoms with E-state index < -0.39 is 23.2 Å². The number of pyridine rings is 1. The molecule has 0 saturated heterocycles. The molecule has 1 unspecified atom stereocenters. The largest absolute Gasteiger partial charge is 0.496 e. The van der Waals surface area contributed by atoms with Crippen molar-refractivity contribution in [3.63, 3.8) is 0 Å². The van der Waals surface area contributed by atoms with Gasteiger partial charge in [-0.15, -0.1) is 0 Å². The lowest BCUT2D eigenvalue weighted by Crippen LogP contribution is -2.32. The first-order valence-electron chi connectivity index (χ1n) is 6.91. The second kappa shape index (κ2) is 5.37. The highest BCUT2D eigenvalue weighted by molar-refractivity contribution is 6.30. The Morgan fingerprint density at radius 2 is 1.96 bits per heavy atom. The van der Waals surface area contributed by atoms with Gasteiger partial charge in [0.15, 0.2) is 0 Å². The van der Waals surface area contributed by atoms with E-state index in [4.69, 9.17) is 16.3 Å². The standard InChI is InChI=1S/C16H12ClF3N2O2/c1-15(9-5-8(17)3-4-12(9)24-2)10-7-21-13(16(18,19)20)6-11(10)22-14(15)23/h3-7H,1-2H3,(H,22,23). The zero-order chi connectivity index (χ0) is 17.7. The van der Waals surface area contributed by atoms with E-state index in [-0.39, 0.29) is 5.69 Å². The predicted octanol–water partition coefficient (Wildman–Crippen LogP) is 4.02. The van der Waals surface area contributed by atoms with Crippen LogP contribution in [-0.4, -0.2) is 18.0 Å². The van der Waals surface area contributed by atoms with Crippen LogP contribution in [0.4, 0.5) is 18.9 Å². The monoisotopic (exact) mass is 356 g/mol. The Morgan fingerprint density at radius 1 is 1.25 bits per heavy atom. The summed E-state index contributed by atoms with van der Waals surface area (Å²) in [6.07, 6.45) is -3.52. The normalized spacial score (nSPS) is 19.8. The Morgan fingerprint density at radius 3 is 2.58 bits per heavy atom. The molecule has 3 rings (SSSR count). The molecule has 1 N–H and O–H groups in total. The number of hydrogen-bond donors (Lipinski definition) is 1. The highest BCUT2D eigenvalue weighted by Gasteiger charge is 2.47. The maximum atomic E-state index is 12.8. The highest BCUT2D eigenvalue weighted by Crippen LogP contribution is 2.47. The third-order valence-electron chi connectivity index (χ3n) is 4.14. The third kappa shape index (κ3) is 2.39. The Kier molecular flexibility index (Phi) is 3.71. The number of nitrogens with one attached hydrogen (secondary N) is 1. The van der Waals surface area contributed by atoms with Crippen LogP contribution < -0.4 is 10.1 Å². The van der Waals surface area contributed by atoms with Crippen molar-refractivity contribution < 1.29 is 22.7 Å². The number of alkyl halides is 3. The molecule has 8 heteroatoms. The summed E-state index contributed by atoms with van der Waals surface area (Å²) in [6, 6.07) is 5.60. The van der Waals surface area contributed by atoms with Gasteiger partial charge in [0.25, 0.3) is 0 Å². The molecule has 0 bridgehead atoms. The van der Waals surface area contributed by atoms with Gasteiger partial charge in [-0.25, -0.2) is 0 Å². The van der Waals surface area contributed by atoms with Crippen molar-refractivity contribution in [3.05, 3.63) is 52.3 Å². The van der Waals surface area contributed by atoms with Crippen LogP contribution in [-0.2, 0) is 16.4 Å². The summed E-state index contributed by atoms with van der Waals surface area (Å²) in [5.41, 5.74) is -1.46. The molecular formula is C16H12ClF3N2O2. The number of methoxy groups -OCH3 is 1. The molecule has 1 aliphatic heterocycles. The topological polar surface area (TPSA) is 51.2 Å². The molecule has 0 spiro atoms. The van der Waals surface area contributed by atoms with Crippen LogP contribution in [0.15, 0.2) is 30.5 Å². The van der Waals surface area contributed by atoms with Crippen LogP contribution in [0.25, 0.3) is 0 Å². The van der Waals surface area contributed by atoms with Gasteiger partial charge in [-0.05, 0) is 31.2 Å². The minimum Gasteiger partial charge on any atom is -0.496 e. The first-order chi connectivity index (χ1) is 11.2. The summed E-state index contributed by atoms with van der Waals surface area (Å²) in [7, 11) is 1.44. The van der Waals surface area contributed by atoms with E-state index in [1.807, 2.05) is 0 Å². The zero-order valence-corrected chi connectivity index (χ0v) is 13.4. The maximum Gasteiger partial charge on any atom is 0.433 e. The Bertz CT molecular complexity index is 839. The predicted molar refractivity (Wildman–Crippen MR) is 82.3 cm³/mol. The molecule has 24 heavy (non-hydrogen) atoms. The molecule has 1 aromatic carbocycles. The van der Waals surface area contributed by atoms with Crippen LogP contribution in [0, 0.1) is 0 Å². The van der Waals surface area contributed by atoms with Gasteiger partial charge in [0.1, 0.15) is 16.9 Å². The summed E-state index contributed by atoms with van der Waals surface area (Å²) in [6.45, 7) is 1.59. The number of anilines is 1. The van der Waals surface area contributed by atoms with Crippen LogP contribution in [0.3, 0.4) is 0 Å². The highest BCUT2D eigenvalue weighted by atomic mass is 35.5. The van der Waals surface area contributed by atoms with Crippen molar-refractivity contribution in [2.75, 3.05) is 12.4 Å². The zero-order valence-electron chi connectivity index (χ0n) is 12.7. The minimum absolute atomic E-state index is 0.0758. The van der Waals surface area contributed by atoms with Crippen molar-refractivity contribution in [1.29, 1.82) is 0 Å². The van der Waals surface area contributed by atoms with Crippen molar-refractivity contribution in [3.8, 4) is 5.75 Å². The van der Waals surface area contributed by atoms with Crippen LogP contribution in [0.1, 0.15) is 23.7 Å². The smallest absolute Gasteiger partial charge is 0.433 e. The fourth-order valence-corrected chi connectivity index (χ4v) is 2.99. The SMILES string of the molecule is COc1ccc(Cl)cc1C1(C)C(=O)Nc2cc(C(F)(F)F)ncc21. The van der Waals surface area contributed by atoms with Gasteiger partial charge in [-0.1, -0.05) is 11.6 Å². The lowest BCUT2D eigenvalue weighted by Gasteiger charge is -2.25. The maximum absolute atomic E-state index is 12.8. The van der Waals surface area contributed by atoms with Gasteiger partial charge in [-0.2, -0.15) is 13.2 Å². The second-order valence-corrected chi connectivity index (χ2v) is 5.97. The molecule has 2 aromatic rings. The number of halogens is 4. The Hall–Kier alpha value is -2.28. The van der Waals surface area contributed by atoms with Crippen LogP contribution in [0.2, 0.25) is 5.02 Å². The molecule has 0 radical (unpaired) electrons. The van der Waals surface area contributed by atoms with E-state index in [1.165, 1.54) is 7.11 Å². The summed E-state index contributed by atoms with van der Waals surface area (Å²) in [4.78, 5) is 16.0. The lowest BCUT2D eigenvalue weighted by atomic mass is 9.77. The molecule has 1 atom stereocenters. The number of amides is 1. The molecule has 4 nitrogen and oxygen atoms in total. The minimum atomic E-state index is -4.59. The van der Waals surface area contributed by atoms with Gasteiger partial charge in [0, 0.05) is 28.0 Å². The van der Waals surface area contributed by atoms with Gasteiger partial charge in [0.2, 0.25) is 5.91 Å².